The summed E-state index contributed by atoms with van der Waals surface area (Å²) in [6.07, 6.45) is -5.74. The minimum absolute atomic E-state index is 0.0249. The van der Waals surface area contributed by atoms with Crippen LogP contribution in [-0.2, 0) is 52.4 Å². The van der Waals surface area contributed by atoms with Crippen molar-refractivity contribution in [2.24, 2.45) is 0 Å². The monoisotopic (exact) mass is 730 g/mol. The topological polar surface area (TPSA) is 182 Å². The van der Waals surface area contributed by atoms with Crippen LogP contribution in [-0.4, -0.2) is 104 Å². The highest BCUT2D eigenvalue weighted by Gasteiger charge is 2.59. The molecule has 2 N–H and O–H groups in total. The number of thioether (sulfide) groups is 1. The van der Waals surface area contributed by atoms with Gasteiger partial charge in [0.05, 0.1) is 32.7 Å². The summed E-state index contributed by atoms with van der Waals surface area (Å²) < 4.78 is 34.3. The molecule has 2 aromatic carbocycles. The van der Waals surface area contributed by atoms with E-state index in [9.17, 15) is 28.8 Å². The van der Waals surface area contributed by atoms with Crippen LogP contribution in [0.5, 0.6) is 0 Å². The van der Waals surface area contributed by atoms with Gasteiger partial charge < -0.3 is 39.1 Å². The van der Waals surface area contributed by atoms with Crippen LogP contribution in [0.4, 0.5) is 0 Å². The summed E-state index contributed by atoms with van der Waals surface area (Å²) in [7, 11) is 1.12. The Morgan fingerprint density at radius 3 is 2.12 bits per heavy atom. The first kappa shape index (κ1) is 41.0. The molecule has 3 rings (SSSR count). The summed E-state index contributed by atoms with van der Waals surface area (Å²) >= 11 is 1.66. The van der Waals surface area contributed by atoms with Crippen LogP contribution < -0.4 is 10.6 Å². The summed E-state index contributed by atoms with van der Waals surface area (Å²) in [6.45, 7) is 6.19. The fourth-order valence-electron chi connectivity index (χ4n) is 5.66. The van der Waals surface area contributed by atoms with Gasteiger partial charge in [-0.15, -0.1) is 0 Å². The Bertz CT molecular complexity index is 1510. The Hall–Kier alpha value is -4.47. The molecule has 1 saturated heterocycles. The average molecular weight is 731 g/mol. The first-order chi connectivity index (χ1) is 24.3. The normalized spacial score (nSPS) is 20.9. The Morgan fingerprint density at radius 1 is 0.902 bits per heavy atom. The summed E-state index contributed by atoms with van der Waals surface area (Å²) in [5.74, 6) is -5.12. The molecule has 51 heavy (non-hydrogen) atoms. The van der Waals surface area contributed by atoms with Gasteiger partial charge in [-0.3, -0.25) is 24.0 Å². The largest absolute Gasteiger partial charge is 0.465 e. The van der Waals surface area contributed by atoms with E-state index in [2.05, 4.69) is 10.6 Å². The van der Waals surface area contributed by atoms with Crippen molar-refractivity contribution in [3.05, 3.63) is 60.2 Å². The maximum Gasteiger partial charge on any atom is 0.366 e. The van der Waals surface area contributed by atoms with Crippen LogP contribution in [0, 0.1) is 0 Å². The van der Waals surface area contributed by atoms with Crippen molar-refractivity contribution < 1.29 is 57.2 Å². The highest BCUT2D eigenvalue weighted by Crippen LogP contribution is 2.37. The lowest BCUT2D eigenvalue weighted by Crippen LogP contribution is -2.69. The molecule has 14 nitrogen and oxygen atoms in total. The van der Waals surface area contributed by atoms with Gasteiger partial charge in [0.2, 0.25) is 5.91 Å². The smallest absolute Gasteiger partial charge is 0.366 e. The van der Waals surface area contributed by atoms with Crippen molar-refractivity contribution in [3.63, 3.8) is 0 Å². The number of carbonyl (C=O) groups excluding carboxylic acids is 6. The number of hydrogen-bond acceptors (Lipinski definition) is 13. The van der Waals surface area contributed by atoms with Crippen molar-refractivity contribution >= 4 is 47.5 Å². The van der Waals surface area contributed by atoms with Crippen LogP contribution in [0.25, 0.3) is 11.1 Å². The lowest BCUT2D eigenvalue weighted by molar-refractivity contribution is -0.313. The first-order valence-corrected chi connectivity index (χ1v) is 17.7. The van der Waals surface area contributed by atoms with Crippen molar-refractivity contribution in [1.82, 2.24) is 10.6 Å². The summed E-state index contributed by atoms with van der Waals surface area (Å²) in [4.78, 5) is 76.6. The lowest BCUT2D eigenvalue weighted by Gasteiger charge is -2.48. The first-order valence-electron chi connectivity index (χ1n) is 16.5. The highest BCUT2D eigenvalue weighted by atomic mass is 32.2. The fourth-order valence-corrected chi connectivity index (χ4v) is 6.27. The number of nitrogens with one attached hydrogen (secondary N) is 2. The molecule has 2 amide bonds. The van der Waals surface area contributed by atoms with Gasteiger partial charge in [0.25, 0.3) is 11.7 Å². The van der Waals surface area contributed by atoms with Gasteiger partial charge in [0.1, 0.15) is 12.2 Å². The molecule has 2 aromatic rings. The SMILES string of the molecule is CCSCCCO[C@]1(C(=O)OC)C[C@H](OC(C)=O)C(NC(C)=O)C([C@H](OC(C)=O)[C@@H](CNC(=O)c2ccc(-c3ccccc3)cc2)OC(C)=O)O1. The zero-order valence-electron chi connectivity index (χ0n) is 29.6. The van der Waals surface area contributed by atoms with E-state index in [1.54, 1.807) is 36.0 Å². The maximum absolute atomic E-state index is 13.4. The number of benzene rings is 2. The van der Waals surface area contributed by atoms with Crippen molar-refractivity contribution in [1.29, 1.82) is 0 Å². The zero-order valence-corrected chi connectivity index (χ0v) is 30.4. The number of amides is 2. The minimum atomic E-state index is -2.20. The Labute approximate surface area is 301 Å². The number of rotatable bonds is 17. The number of methoxy groups -OCH3 is 1. The molecular weight excluding hydrogens is 684 g/mol. The quantitative estimate of drug-likeness (QED) is 0.138. The zero-order chi connectivity index (χ0) is 37.6. The van der Waals surface area contributed by atoms with E-state index in [0.29, 0.717) is 17.7 Å². The predicted octanol–water partition coefficient (Wildman–Crippen LogP) is 3.20. The molecule has 0 radical (unpaired) electrons. The maximum atomic E-state index is 13.4. The van der Waals surface area contributed by atoms with E-state index in [0.717, 1.165) is 44.8 Å². The molecule has 0 saturated carbocycles. The third-order valence-corrected chi connectivity index (χ3v) is 8.72. The van der Waals surface area contributed by atoms with Gasteiger partial charge in [0.15, 0.2) is 12.2 Å². The molecule has 0 aromatic heterocycles. The van der Waals surface area contributed by atoms with Crippen molar-refractivity contribution in [2.75, 3.05) is 31.8 Å². The summed E-state index contributed by atoms with van der Waals surface area (Å²) in [5, 5.41) is 5.37. The van der Waals surface area contributed by atoms with Crippen LogP contribution in [0.3, 0.4) is 0 Å². The molecule has 1 aliphatic heterocycles. The van der Waals surface area contributed by atoms with E-state index < -0.39 is 84.9 Å². The molecule has 15 heteroatoms. The molecule has 6 atom stereocenters. The standard InChI is InChI=1S/C36H46N2O12S/c1-7-51-19-11-18-46-36(35(44)45-6)20-29(47-23(3)40)31(38-22(2)39)33(50-36)32(49-25(5)42)30(48-24(4)41)21-37-34(43)28-16-14-27(15-17-28)26-12-9-8-10-13-26/h8-10,12-17,29-33H,7,11,18-21H2,1-6H3,(H,37,43)(H,38,39)/t29-,30+,31?,32+,33?,36+/m0/s1. The van der Waals surface area contributed by atoms with Gasteiger partial charge in [-0.2, -0.15) is 11.8 Å². The van der Waals surface area contributed by atoms with E-state index >= 15 is 0 Å². The van der Waals surface area contributed by atoms with Crippen LogP contribution in [0.15, 0.2) is 54.6 Å². The van der Waals surface area contributed by atoms with Gasteiger partial charge in [-0.1, -0.05) is 49.4 Å². The third-order valence-electron chi connectivity index (χ3n) is 7.73. The lowest BCUT2D eigenvalue weighted by atomic mass is 9.87. The van der Waals surface area contributed by atoms with Gasteiger partial charge in [0, 0.05) is 33.3 Å². The van der Waals surface area contributed by atoms with E-state index in [-0.39, 0.29) is 6.61 Å². The van der Waals surface area contributed by atoms with E-state index in [1.807, 2.05) is 37.3 Å². The molecule has 1 aliphatic rings. The minimum Gasteiger partial charge on any atom is -0.465 e. The molecule has 0 bridgehead atoms. The number of ether oxygens (including phenoxy) is 6. The number of hydrogen-bond donors (Lipinski definition) is 2. The average Bonchev–Trinajstić information content (AvgIpc) is 3.09. The van der Waals surface area contributed by atoms with Gasteiger partial charge in [-0.05, 0) is 41.2 Å². The van der Waals surface area contributed by atoms with Crippen LogP contribution in [0.2, 0.25) is 0 Å². The molecular formula is C36H46N2O12S. The molecule has 1 heterocycles. The van der Waals surface area contributed by atoms with Crippen LogP contribution in [0.1, 0.15) is 57.8 Å². The number of carbonyl (C=O) groups is 6. The molecule has 0 spiro atoms. The molecule has 2 unspecified atom stereocenters. The van der Waals surface area contributed by atoms with E-state index in [1.165, 1.54) is 6.92 Å². The second-order valence-electron chi connectivity index (χ2n) is 11.7. The summed E-state index contributed by atoms with van der Waals surface area (Å²) in [6, 6.07) is 15.1. The summed E-state index contributed by atoms with van der Waals surface area (Å²) in [5.41, 5.74) is 2.14. The number of esters is 4. The predicted molar refractivity (Wildman–Crippen MR) is 186 cm³/mol. The van der Waals surface area contributed by atoms with Crippen LogP contribution >= 0.6 is 11.8 Å². The van der Waals surface area contributed by atoms with Crippen molar-refractivity contribution in [3.8, 4) is 11.1 Å². The van der Waals surface area contributed by atoms with Gasteiger partial charge in [-0.25, -0.2) is 4.79 Å². The third kappa shape index (κ3) is 12.1. The molecule has 0 aliphatic carbocycles. The highest BCUT2D eigenvalue weighted by molar-refractivity contribution is 7.99. The fraction of sp³-hybridized carbons (Fsp3) is 0.500. The second kappa shape index (κ2) is 19.8. The molecule has 278 valence electrons. The Morgan fingerprint density at radius 2 is 1.55 bits per heavy atom. The van der Waals surface area contributed by atoms with Crippen molar-refractivity contribution in [2.45, 2.75) is 83.7 Å². The van der Waals surface area contributed by atoms with Gasteiger partial charge >= 0.3 is 23.9 Å². The van der Waals surface area contributed by atoms with E-state index in [4.69, 9.17) is 28.4 Å². The second-order valence-corrected chi connectivity index (χ2v) is 13.1. The Balaban J connectivity index is 2.02. The molecule has 1 fully saturated rings. The Kier molecular flexibility index (Phi) is 15.9.